The van der Waals surface area contributed by atoms with Crippen LogP contribution >= 0.6 is 0 Å². The molecular formula is C12H23NO. The first-order valence-electron chi connectivity index (χ1n) is 5.73. The minimum Gasteiger partial charge on any atom is -0.395 e. The predicted octanol–water partition coefficient (Wildman–Crippen LogP) is 1.95. The van der Waals surface area contributed by atoms with Crippen molar-refractivity contribution in [2.24, 2.45) is 11.8 Å². The summed E-state index contributed by atoms with van der Waals surface area (Å²) in [4.78, 5) is 0. The first kappa shape index (κ1) is 11.7. The summed E-state index contributed by atoms with van der Waals surface area (Å²) < 4.78 is 0. The lowest BCUT2D eigenvalue weighted by molar-refractivity contribution is 0.204. The van der Waals surface area contributed by atoms with Crippen molar-refractivity contribution in [3.8, 4) is 0 Å². The molecule has 0 bridgehead atoms. The van der Waals surface area contributed by atoms with E-state index in [1.54, 1.807) is 0 Å². The molecule has 1 aliphatic carbocycles. The maximum Gasteiger partial charge on any atom is 0.0587 e. The zero-order chi connectivity index (χ0) is 10.4. The number of aliphatic hydroxyl groups is 1. The van der Waals surface area contributed by atoms with E-state index in [1.165, 1.54) is 19.3 Å². The van der Waals surface area contributed by atoms with Gasteiger partial charge in [0.2, 0.25) is 0 Å². The molecule has 2 N–H and O–H groups in total. The van der Waals surface area contributed by atoms with Crippen LogP contribution in [0.15, 0.2) is 12.2 Å². The van der Waals surface area contributed by atoms with Crippen molar-refractivity contribution in [1.82, 2.24) is 5.32 Å². The average molecular weight is 197 g/mol. The molecule has 0 aromatic carbocycles. The van der Waals surface area contributed by atoms with Crippen LogP contribution in [0.25, 0.3) is 0 Å². The highest BCUT2D eigenvalue weighted by Crippen LogP contribution is 2.17. The molecule has 0 spiro atoms. The van der Waals surface area contributed by atoms with Crippen LogP contribution in [0.2, 0.25) is 0 Å². The normalized spacial score (nSPS) is 24.1. The van der Waals surface area contributed by atoms with E-state index >= 15 is 0 Å². The lowest BCUT2D eigenvalue weighted by Gasteiger charge is -2.24. The van der Waals surface area contributed by atoms with Crippen molar-refractivity contribution in [2.45, 2.75) is 39.2 Å². The van der Waals surface area contributed by atoms with E-state index < -0.39 is 0 Å². The topological polar surface area (TPSA) is 32.3 Å². The van der Waals surface area contributed by atoms with Crippen molar-refractivity contribution in [3.05, 3.63) is 12.2 Å². The maximum atomic E-state index is 9.15. The van der Waals surface area contributed by atoms with Gasteiger partial charge in [-0.1, -0.05) is 26.0 Å². The first-order valence-corrected chi connectivity index (χ1v) is 5.73. The number of rotatable bonds is 5. The van der Waals surface area contributed by atoms with Crippen LogP contribution in [0.1, 0.15) is 33.1 Å². The van der Waals surface area contributed by atoms with Gasteiger partial charge < -0.3 is 10.4 Å². The Morgan fingerprint density at radius 2 is 2.21 bits per heavy atom. The zero-order valence-corrected chi connectivity index (χ0v) is 9.37. The summed E-state index contributed by atoms with van der Waals surface area (Å²) in [5.74, 6) is 1.28. The molecule has 0 amide bonds. The summed E-state index contributed by atoms with van der Waals surface area (Å²) in [6.07, 6.45) is 8.25. The quantitative estimate of drug-likeness (QED) is 0.660. The fourth-order valence-electron chi connectivity index (χ4n) is 1.87. The van der Waals surface area contributed by atoms with E-state index in [0.29, 0.717) is 5.92 Å². The van der Waals surface area contributed by atoms with Gasteiger partial charge in [0.1, 0.15) is 0 Å². The van der Waals surface area contributed by atoms with Crippen molar-refractivity contribution >= 4 is 0 Å². The number of aliphatic hydroxyl groups excluding tert-OH is 1. The maximum absolute atomic E-state index is 9.15. The third-order valence-electron chi connectivity index (χ3n) is 3.05. The highest BCUT2D eigenvalue weighted by atomic mass is 16.3. The third-order valence-corrected chi connectivity index (χ3v) is 3.05. The van der Waals surface area contributed by atoms with Crippen LogP contribution < -0.4 is 5.32 Å². The molecule has 2 unspecified atom stereocenters. The third kappa shape index (κ3) is 3.81. The van der Waals surface area contributed by atoms with Gasteiger partial charge in [0, 0.05) is 6.04 Å². The second-order valence-corrected chi connectivity index (χ2v) is 4.59. The second-order valence-electron chi connectivity index (χ2n) is 4.59. The highest BCUT2D eigenvalue weighted by molar-refractivity contribution is 4.90. The predicted molar refractivity (Wildman–Crippen MR) is 60.2 cm³/mol. The van der Waals surface area contributed by atoms with Gasteiger partial charge >= 0.3 is 0 Å². The van der Waals surface area contributed by atoms with Crippen molar-refractivity contribution < 1.29 is 5.11 Å². The summed E-state index contributed by atoms with van der Waals surface area (Å²) >= 11 is 0. The van der Waals surface area contributed by atoms with Gasteiger partial charge in [-0.25, -0.2) is 0 Å². The SMILES string of the molecule is CC(C)C(CO)NCC1CC=CCC1. The lowest BCUT2D eigenvalue weighted by Crippen LogP contribution is -2.39. The Morgan fingerprint density at radius 1 is 1.43 bits per heavy atom. The Hall–Kier alpha value is -0.340. The van der Waals surface area contributed by atoms with Gasteiger partial charge in [-0.2, -0.15) is 0 Å². The summed E-state index contributed by atoms with van der Waals surface area (Å²) in [5, 5.41) is 12.6. The fourth-order valence-corrected chi connectivity index (χ4v) is 1.87. The van der Waals surface area contributed by atoms with Crippen molar-refractivity contribution in [3.63, 3.8) is 0 Å². The van der Waals surface area contributed by atoms with Gasteiger partial charge in [-0.15, -0.1) is 0 Å². The molecule has 0 saturated carbocycles. The molecule has 0 fully saturated rings. The van der Waals surface area contributed by atoms with E-state index in [-0.39, 0.29) is 12.6 Å². The van der Waals surface area contributed by atoms with Crippen LogP contribution in [0.4, 0.5) is 0 Å². The number of hydrogen-bond donors (Lipinski definition) is 2. The fraction of sp³-hybridized carbons (Fsp3) is 0.833. The van der Waals surface area contributed by atoms with Crippen molar-refractivity contribution in [2.75, 3.05) is 13.2 Å². The van der Waals surface area contributed by atoms with Crippen molar-refractivity contribution in [1.29, 1.82) is 0 Å². The molecule has 82 valence electrons. The van der Waals surface area contributed by atoms with Gasteiger partial charge in [0.25, 0.3) is 0 Å². The molecule has 0 saturated heterocycles. The molecule has 0 aromatic rings. The summed E-state index contributed by atoms with van der Waals surface area (Å²) in [7, 11) is 0. The Morgan fingerprint density at radius 3 is 2.71 bits per heavy atom. The Labute approximate surface area is 87.4 Å². The van der Waals surface area contributed by atoms with Crippen LogP contribution in [0, 0.1) is 11.8 Å². The monoisotopic (exact) mass is 197 g/mol. The molecule has 2 atom stereocenters. The van der Waals surface area contributed by atoms with E-state index in [2.05, 4.69) is 31.3 Å². The van der Waals surface area contributed by atoms with E-state index in [0.717, 1.165) is 12.5 Å². The zero-order valence-electron chi connectivity index (χ0n) is 9.37. The minimum atomic E-state index is 0.250. The molecule has 14 heavy (non-hydrogen) atoms. The van der Waals surface area contributed by atoms with Gasteiger partial charge in [-0.3, -0.25) is 0 Å². The molecular weight excluding hydrogens is 174 g/mol. The van der Waals surface area contributed by atoms with Gasteiger partial charge in [0.15, 0.2) is 0 Å². The minimum absolute atomic E-state index is 0.250. The summed E-state index contributed by atoms with van der Waals surface area (Å²) in [6, 6.07) is 0.265. The Balaban J connectivity index is 2.20. The molecule has 0 radical (unpaired) electrons. The van der Waals surface area contributed by atoms with Crippen LogP contribution in [-0.2, 0) is 0 Å². The van der Waals surface area contributed by atoms with Crippen LogP contribution in [-0.4, -0.2) is 24.3 Å². The Bertz CT molecular complexity index is 177. The number of allylic oxidation sites excluding steroid dienone is 2. The van der Waals surface area contributed by atoms with E-state index in [1.807, 2.05) is 0 Å². The van der Waals surface area contributed by atoms with E-state index in [9.17, 15) is 0 Å². The van der Waals surface area contributed by atoms with Gasteiger partial charge in [0.05, 0.1) is 6.61 Å². The molecule has 0 heterocycles. The lowest BCUT2D eigenvalue weighted by atomic mass is 9.93. The Kier molecular flexibility index (Phi) is 5.20. The molecule has 1 rings (SSSR count). The van der Waals surface area contributed by atoms with Gasteiger partial charge in [-0.05, 0) is 37.6 Å². The smallest absolute Gasteiger partial charge is 0.0587 e. The number of nitrogens with one attached hydrogen (secondary N) is 1. The first-order chi connectivity index (χ1) is 6.74. The molecule has 2 heteroatoms. The summed E-state index contributed by atoms with van der Waals surface area (Å²) in [6.45, 7) is 5.59. The highest BCUT2D eigenvalue weighted by Gasteiger charge is 2.15. The van der Waals surface area contributed by atoms with E-state index in [4.69, 9.17) is 5.11 Å². The number of hydrogen-bond acceptors (Lipinski definition) is 2. The molecule has 0 aliphatic heterocycles. The van der Waals surface area contributed by atoms with Crippen LogP contribution in [0.3, 0.4) is 0 Å². The molecule has 2 nitrogen and oxygen atoms in total. The molecule has 1 aliphatic rings. The standard InChI is InChI=1S/C12H23NO/c1-10(2)12(9-14)13-8-11-6-4-3-5-7-11/h3-4,10-14H,5-9H2,1-2H3. The average Bonchev–Trinajstić information content (AvgIpc) is 2.20. The largest absolute Gasteiger partial charge is 0.395 e. The molecule has 0 aromatic heterocycles. The summed E-state index contributed by atoms with van der Waals surface area (Å²) in [5.41, 5.74) is 0. The van der Waals surface area contributed by atoms with Crippen LogP contribution in [0.5, 0.6) is 0 Å². The second kappa shape index (κ2) is 6.20.